The summed E-state index contributed by atoms with van der Waals surface area (Å²) in [6, 6.07) is 18.8. The first-order valence-electron chi connectivity index (χ1n) is 14.7. The third-order valence-corrected chi connectivity index (χ3v) is 8.71. The molecule has 44 heavy (non-hydrogen) atoms. The highest BCUT2D eigenvalue weighted by molar-refractivity contribution is 7.80. The number of thiocarbonyl (C=S) groups is 1. The molecule has 2 atom stereocenters. The molecule has 4 aromatic rings. The number of carbonyl (C=O) groups excluding carboxylic acids is 1. The highest BCUT2D eigenvalue weighted by atomic mass is 32.1. The number of fused-ring (bicyclic) bond motifs is 2. The molecule has 1 aliphatic heterocycles. The quantitative estimate of drug-likeness (QED) is 0.215. The van der Waals surface area contributed by atoms with Crippen molar-refractivity contribution < 1.29 is 23.4 Å². The summed E-state index contributed by atoms with van der Waals surface area (Å²) in [6.45, 7) is 4.34. The van der Waals surface area contributed by atoms with Gasteiger partial charge in [0.25, 0.3) is 0 Å². The van der Waals surface area contributed by atoms with E-state index in [1.807, 2.05) is 42.5 Å². The number of nitrogens with zero attached hydrogens (tertiary/aromatic N) is 3. The van der Waals surface area contributed by atoms with Crippen LogP contribution in [0, 0.1) is 23.6 Å². The zero-order valence-electron chi connectivity index (χ0n) is 25.0. The van der Waals surface area contributed by atoms with Gasteiger partial charge in [-0.2, -0.15) is 0 Å². The summed E-state index contributed by atoms with van der Waals surface area (Å²) in [5, 5.41) is 3.80. The van der Waals surface area contributed by atoms with Gasteiger partial charge in [0.05, 0.1) is 24.9 Å². The Kier molecular flexibility index (Phi) is 8.63. The Labute approximate surface area is 261 Å². The van der Waals surface area contributed by atoms with E-state index in [1.54, 1.807) is 25.4 Å². The lowest BCUT2D eigenvalue weighted by molar-refractivity contribution is -0.115. The average molecular weight is 615 g/mol. The number of amides is 1. The van der Waals surface area contributed by atoms with E-state index in [2.05, 4.69) is 22.2 Å². The predicted molar refractivity (Wildman–Crippen MR) is 173 cm³/mol. The molecule has 0 radical (unpaired) electrons. The van der Waals surface area contributed by atoms with Crippen molar-refractivity contribution in [2.24, 2.45) is 17.8 Å². The van der Waals surface area contributed by atoms with Gasteiger partial charge in [0.2, 0.25) is 5.91 Å². The first-order chi connectivity index (χ1) is 21.3. The lowest BCUT2D eigenvalue weighted by Crippen LogP contribution is -2.38. The first-order valence-corrected chi connectivity index (χ1v) is 15.1. The van der Waals surface area contributed by atoms with Crippen LogP contribution in [0.1, 0.15) is 19.8 Å². The predicted octanol–water partition coefficient (Wildman–Crippen LogP) is 6.89. The molecule has 8 nitrogen and oxygen atoms in total. The lowest BCUT2D eigenvalue weighted by atomic mass is 10.0. The standard InChI is InChI=1S/C34H35FN4O4S/c1-21(40)39(34(44)37-25-7-5-4-6-8-25)26-9-10-31(28(35)15-26)43-30-11-12-36-29-17-33(32(41-3)16-27(29)30)42-20-22-13-23-18-38(2)19-24(23)14-22/h4-12,15-17,22-24H,13-14,18-20H2,1-3H3,(H,37,44). The fourth-order valence-corrected chi connectivity index (χ4v) is 6.82. The lowest BCUT2D eigenvalue weighted by Gasteiger charge is -2.23. The largest absolute Gasteiger partial charge is 0.493 e. The van der Waals surface area contributed by atoms with E-state index in [-0.39, 0.29) is 22.5 Å². The van der Waals surface area contributed by atoms with Crippen LogP contribution < -0.4 is 24.4 Å². The molecule has 228 valence electrons. The van der Waals surface area contributed by atoms with Crippen molar-refractivity contribution in [3.8, 4) is 23.0 Å². The second-order valence-corrected chi connectivity index (χ2v) is 12.0. The zero-order valence-corrected chi connectivity index (χ0v) is 25.8. The Morgan fingerprint density at radius 3 is 2.45 bits per heavy atom. The number of anilines is 2. The van der Waals surface area contributed by atoms with E-state index in [0.29, 0.717) is 46.4 Å². The van der Waals surface area contributed by atoms with Gasteiger partial charge in [0.15, 0.2) is 28.2 Å². The van der Waals surface area contributed by atoms with Gasteiger partial charge < -0.3 is 24.4 Å². The van der Waals surface area contributed by atoms with Gasteiger partial charge >= 0.3 is 0 Å². The molecule has 10 heteroatoms. The summed E-state index contributed by atoms with van der Waals surface area (Å²) in [4.78, 5) is 20.7. The first kappa shape index (κ1) is 29.8. The number of halogens is 1. The number of carbonyl (C=O) groups is 1. The van der Waals surface area contributed by atoms with Crippen LogP contribution in [-0.2, 0) is 4.79 Å². The topological polar surface area (TPSA) is 76.2 Å². The summed E-state index contributed by atoms with van der Waals surface area (Å²) in [6.07, 6.45) is 3.98. The molecule has 0 bridgehead atoms. The van der Waals surface area contributed by atoms with E-state index in [1.165, 1.54) is 49.9 Å². The SMILES string of the molecule is COc1cc2c(Oc3ccc(N(C(C)=O)C(=S)Nc4ccccc4)cc3F)ccnc2cc1OCC1CC2CN(C)CC2C1. The van der Waals surface area contributed by atoms with Crippen molar-refractivity contribution in [2.45, 2.75) is 19.8 Å². The van der Waals surface area contributed by atoms with Crippen molar-refractivity contribution in [2.75, 3.05) is 44.1 Å². The van der Waals surface area contributed by atoms with Crippen molar-refractivity contribution in [1.82, 2.24) is 9.88 Å². The van der Waals surface area contributed by atoms with E-state index in [0.717, 1.165) is 11.8 Å². The van der Waals surface area contributed by atoms with Crippen LogP contribution in [0.2, 0.25) is 0 Å². The van der Waals surface area contributed by atoms with E-state index < -0.39 is 5.82 Å². The normalized spacial score (nSPS) is 19.4. The Balaban J connectivity index is 1.18. The maximum atomic E-state index is 15.4. The van der Waals surface area contributed by atoms with Crippen LogP contribution in [0.5, 0.6) is 23.0 Å². The number of nitrogens with one attached hydrogen (secondary N) is 1. The molecular weight excluding hydrogens is 579 g/mol. The number of likely N-dealkylation sites (tertiary alicyclic amines) is 1. The van der Waals surface area contributed by atoms with Crippen LogP contribution in [0.3, 0.4) is 0 Å². The van der Waals surface area contributed by atoms with Gasteiger partial charge in [-0.3, -0.25) is 14.7 Å². The van der Waals surface area contributed by atoms with Crippen LogP contribution in [0.4, 0.5) is 15.8 Å². The second-order valence-electron chi connectivity index (χ2n) is 11.6. The fourth-order valence-electron chi connectivity index (χ4n) is 6.47. The van der Waals surface area contributed by atoms with Crippen molar-refractivity contribution >= 4 is 45.5 Å². The number of benzene rings is 3. The molecule has 2 unspecified atom stereocenters. The van der Waals surface area contributed by atoms with Gasteiger partial charge in [-0.15, -0.1) is 0 Å². The Hall–Kier alpha value is -4.28. The Morgan fingerprint density at radius 2 is 1.77 bits per heavy atom. The third kappa shape index (κ3) is 6.32. The van der Waals surface area contributed by atoms with Crippen molar-refractivity contribution in [3.63, 3.8) is 0 Å². The summed E-state index contributed by atoms with van der Waals surface area (Å²) in [7, 11) is 3.79. The van der Waals surface area contributed by atoms with Gasteiger partial charge in [-0.25, -0.2) is 4.39 Å². The number of para-hydroxylation sites is 1. The van der Waals surface area contributed by atoms with Gasteiger partial charge in [0.1, 0.15) is 5.75 Å². The highest BCUT2D eigenvalue weighted by Gasteiger charge is 2.39. The molecule has 1 N–H and O–H groups in total. The number of aromatic nitrogens is 1. The number of hydrogen-bond acceptors (Lipinski definition) is 7. The highest BCUT2D eigenvalue weighted by Crippen LogP contribution is 2.42. The average Bonchev–Trinajstić information content (AvgIpc) is 3.54. The third-order valence-electron chi connectivity index (χ3n) is 8.43. The summed E-state index contributed by atoms with van der Waals surface area (Å²) in [5.74, 6) is 2.61. The molecule has 1 saturated heterocycles. The number of pyridine rings is 1. The molecule has 6 rings (SSSR count). The van der Waals surface area contributed by atoms with Gasteiger partial charge in [-0.05, 0) is 86.3 Å². The molecule has 2 aliphatic rings. The maximum absolute atomic E-state index is 15.4. The summed E-state index contributed by atoms with van der Waals surface area (Å²) in [5.41, 5.74) is 1.63. The molecule has 0 spiro atoms. The molecule has 1 aliphatic carbocycles. The van der Waals surface area contributed by atoms with Crippen LogP contribution in [0.15, 0.2) is 72.9 Å². The number of methoxy groups -OCH3 is 1. The van der Waals surface area contributed by atoms with Gasteiger partial charge in [-0.1, -0.05) is 18.2 Å². The fraction of sp³-hybridized carbons (Fsp3) is 0.324. The molecular formula is C34H35FN4O4S. The minimum absolute atomic E-state index is 0.0107. The summed E-state index contributed by atoms with van der Waals surface area (Å²) < 4.78 is 33.4. The number of ether oxygens (including phenoxy) is 3. The minimum atomic E-state index is -0.652. The number of rotatable bonds is 8. The maximum Gasteiger partial charge on any atom is 0.230 e. The Bertz CT molecular complexity index is 1670. The molecule has 1 amide bonds. The van der Waals surface area contributed by atoms with Crippen molar-refractivity contribution in [3.05, 3.63) is 78.7 Å². The van der Waals surface area contributed by atoms with E-state index >= 15 is 4.39 Å². The van der Waals surface area contributed by atoms with Crippen LogP contribution in [0.25, 0.3) is 10.9 Å². The molecule has 3 aromatic carbocycles. The van der Waals surface area contributed by atoms with E-state index in [4.69, 9.17) is 26.4 Å². The van der Waals surface area contributed by atoms with Crippen LogP contribution >= 0.6 is 12.2 Å². The summed E-state index contributed by atoms with van der Waals surface area (Å²) >= 11 is 5.47. The van der Waals surface area contributed by atoms with E-state index in [9.17, 15) is 4.79 Å². The minimum Gasteiger partial charge on any atom is -0.493 e. The van der Waals surface area contributed by atoms with Crippen molar-refractivity contribution in [1.29, 1.82) is 0 Å². The Morgan fingerprint density at radius 1 is 1.02 bits per heavy atom. The molecule has 1 aromatic heterocycles. The second kappa shape index (κ2) is 12.8. The zero-order chi connectivity index (χ0) is 30.8. The molecule has 1 saturated carbocycles. The molecule has 2 heterocycles. The van der Waals surface area contributed by atoms with Crippen LogP contribution in [-0.4, -0.2) is 54.8 Å². The van der Waals surface area contributed by atoms with Gasteiger partial charge in [0, 0.05) is 49.4 Å². The smallest absolute Gasteiger partial charge is 0.230 e. The number of hydrogen-bond donors (Lipinski definition) is 1. The molecule has 2 fully saturated rings. The monoisotopic (exact) mass is 614 g/mol.